The third kappa shape index (κ3) is 6.43. The van der Waals surface area contributed by atoms with E-state index < -0.39 is 6.61 Å². The Kier molecular flexibility index (Phi) is 7.90. The highest BCUT2D eigenvalue weighted by Gasteiger charge is 2.28. The SMILES string of the molecule is C=C(C1CC1)N(/C=C(\CC)c1cnc(N)c(OC(F)F)c1)CCC(=C)N1CCOCC1. The number of nitrogens with two attached hydrogens (primary N) is 1. The van der Waals surface area contributed by atoms with Crippen LogP contribution in [0.3, 0.4) is 0 Å². The van der Waals surface area contributed by atoms with Gasteiger partial charge in [-0.25, -0.2) is 4.98 Å². The molecule has 0 bridgehead atoms. The van der Waals surface area contributed by atoms with Crippen LogP contribution < -0.4 is 10.5 Å². The predicted octanol–water partition coefficient (Wildman–Crippen LogP) is 4.48. The Hall–Kier alpha value is -2.61. The molecule has 0 radical (unpaired) electrons. The first-order valence-corrected chi connectivity index (χ1v) is 10.8. The Morgan fingerprint density at radius 3 is 2.71 bits per heavy atom. The molecule has 0 spiro atoms. The van der Waals surface area contributed by atoms with Crippen LogP contribution >= 0.6 is 0 Å². The van der Waals surface area contributed by atoms with Crippen molar-refractivity contribution in [1.82, 2.24) is 14.8 Å². The minimum atomic E-state index is -2.95. The molecule has 0 amide bonds. The first-order valence-electron chi connectivity index (χ1n) is 10.8. The number of alkyl halides is 2. The minimum absolute atomic E-state index is 0.0550. The van der Waals surface area contributed by atoms with Gasteiger partial charge >= 0.3 is 6.61 Å². The fraction of sp³-hybridized carbons (Fsp3) is 0.522. The van der Waals surface area contributed by atoms with E-state index in [-0.39, 0.29) is 11.6 Å². The van der Waals surface area contributed by atoms with Gasteiger partial charge in [-0.05, 0) is 36.8 Å². The molecule has 0 atom stereocenters. The lowest BCUT2D eigenvalue weighted by atomic mass is 10.1. The molecular formula is C23H32F2N4O2. The van der Waals surface area contributed by atoms with E-state index in [0.717, 1.165) is 69.1 Å². The summed E-state index contributed by atoms with van der Waals surface area (Å²) in [6.07, 6.45) is 7.42. The largest absolute Gasteiger partial charge is 0.431 e. The third-order valence-corrected chi connectivity index (χ3v) is 5.68. The average molecular weight is 435 g/mol. The van der Waals surface area contributed by atoms with Crippen LogP contribution in [0.5, 0.6) is 5.75 Å². The van der Waals surface area contributed by atoms with Crippen LogP contribution in [0.1, 0.15) is 38.2 Å². The number of nitrogens with zero attached hydrogens (tertiary/aromatic N) is 3. The van der Waals surface area contributed by atoms with E-state index in [2.05, 4.69) is 32.7 Å². The van der Waals surface area contributed by atoms with E-state index in [1.54, 1.807) is 6.20 Å². The molecule has 1 aliphatic heterocycles. The van der Waals surface area contributed by atoms with Crippen molar-refractivity contribution in [3.8, 4) is 5.75 Å². The maximum Gasteiger partial charge on any atom is 0.387 e. The summed E-state index contributed by atoms with van der Waals surface area (Å²) in [6, 6.07) is 1.52. The number of halogens is 2. The van der Waals surface area contributed by atoms with E-state index in [0.29, 0.717) is 17.9 Å². The van der Waals surface area contributed by atoms with E-state index in [1.165, 1.54) is 6.07 Å². The van der Waals surface area contributed by atoms with Gasteiger partial charge in [-0.3, -0.25) is 0 Å². The van der Waals surface area contributed by atoms with Crippen molar-refractivity contribution in [3.05, 3.63) is 48.6 Å². The number of pyridine rings is 1. The Balaban J connectivity index is 1.77. The molecule has 170 valence electrons. The highest BCUT2D eigenvalue weighted by Crippen LogP contribution is 2.38. The number of ether oxygens (including phenoxy) is 2. The summed E-state index contributed by atoms with van der Waals surface area (Å²) < 4.78 is 35.3. The average Bonchev–Trinajstić information content (AvgIpc) is 3.61. The van der Waals surface area contributed by atoms with Gasteiger partial charge in [0.05, 0.1) is 13.2 Å². The Bertz CT molecular complexity index is 818. The monoisotopic (exact) mass is 434 g/mol. The van der Waals surface area contributed by atoms with Crippen molar-refractivity contribution in [1.29, 1.82) is 0 Å². The second-order valence-corrected chi connectivity index (χ2v) is 7.87. The molecule has 1 saturated heterocycles. The summed E-state index contributed by atoms with van der Waals surface area (Å²) in [5.41, 5.74) is 9.51. The summed E-state index contributed by atoms with van der Waals surface area (Å²) >= 11 is 0. The number of hydrogen-bond acceptors (Lipinski definition) is 6. The second-order valence-electron chi connectivity index (χ2n) is 7.87. The number of morpholine rings is 1. The maximum absolute atomic E-state index is 12.7. The van der Waals surface area contributed by atoms with Crippen molar-refractivity contribution in [2.75, 3.05) is 38.6 Å². The van der Waals surface area contributed by atoms with E-state index in [4.69, 9.17) is 10.5 Å². The van der Waals surface area contributed by atoms with Crippen LogP contribution in [0.15, 0.2) is 43.0 Å². The molecule has 8 heteroatoms. The molecule has 31 heavy (non-hydrogen) atoms. The van der Waals surface area contributed by atoms with Crippen molar-refractivity contribution in [2.24, 2.45) is 5.92 Å². The van der Waals surface area contributed by atoms with Crippen LogP contribution in [0.2, 0.25) is 0 Å². The van der Waals surface area contributed by atoms with Crippen LogP contribution in [0, 0.1) is 5.92 Å². The lowest BCUT2D eigenvalue weighted by Crippen LogP contribution is -2.36. The van der Waals surface area contributed by atoms with Crippen molar-refractivity contribution in [3.63, 3.8) is 0 Å². The molecule has 0 unspecified atom stereocenters. The molecule has 2 N–H and O–H groups in total. The first-order chi connectivity index (χ1) is 14.9. The summed E-state index contributed by atoms with van der Waals surface area (Å²) in [5, 5.41) is 0. The lowest BCUT2D eigenvalue weighted by molar-refractivity contribution is -0.0495. The number of hydrogen-bond donors (Lipinski definition) is 1. The van der Waals surface area contributed by atoms with Gasteiger partial charge < -0.3 is 25.0 Å². The fourth-order valence-electron chi connectivity index (χ4n) is 3.61. The van der Waals surface area contributed by atoms with Crippen molar-refractivity contribution in [2.45, 2.75) is 39.2 Å². The second kappa shape index (κ2) is 10.6. The molecule has 6 nitrogen and oxygen atoms in total. The highest BCUT2D eigenvalue weighted by atomic mass is 19.3. The third-order valence-electron chi connectivity index (χ3n) is 5.68. The fourth-order valence-corrected chi connectivity index (χ4v) is 3.61. The van der Waals surface area contributed by atoms with Gasteiger partial charge in [0, 0.05) is 55.4 Å². The number of allylic oxidation sites excluding steroid dienone is 2. The molecule has 3 rings (SSSR count). The zero-order valence-electron chi connectivity index (χ0n) is 18.2. The number of rotatable bonds is 11. The molecule has 2 heterocycles. The van der Waals surface area contributed by atoms with Crippen LogP contribution in [-0.4, -0.2) is 54.2 Å². The Morgan fingerprint density at radius 2 is 2.10 bits per heavy atom. The topological polar surface area (TPSA) is 63.9 Å². The predicted molar refractivity (Wildman–Crippen MR) is 118 cm³/mol. The molecule has 1 aliphatic carbocycles. The molecule has 1 aromatic heterocycles. The quantitative estimate of drug-likeness (QED) is 0.554. The van der Waals surface area contributed by atoms with Crippen molar-refractivity contribution >= 4 is 11.4 Å². The van der Waals surface area contributed by atoms with Gasteiger partial charge in [0.1, 0.15) is 0 Å². The minimum Gasteiger partial charge on any atom is -0.431 e. The van der Waals surface area contributed by atoms with E-state index in [1.807, 2.05) is 13.1 Å². The molecule has 2 fully saturated rings. The van der Waals surface area contributed by atoms with Crippen LogP contribution in [0.4, 0.5) is 14.6 Å². The van der Waals surface area contributed by atoms with E-state index in [9.17, 15) is 8.78 Å². The van der Waals surface area contributed by atoms with Gasteiger partial charge in [0.15, 0.2) is 11.6 Å². The Morgan fingerprint density at radius 1 is 1.39 bits per heavy atom. The summed E-state index contributed by atoms with van der Waals surface area (Å²) in [5.74, 6) is 0.328. The number of nitrogen functional groups attached to an aromatic ring is 1. The van der Waals surface area contributed by atoms with Gasteiger partial charge in [0.25, 0.3) is 0 Å². The first kappa shape index (κ1) is 23.1. The molecular weight excluding hydrogens is 402 g/mol. The molecule has 0 aromatic carbocycles. The highest BCUT2D eigenvalue weighted by molar-refractivity contribution is 5.67. The van der Waals surface area contributed by atoms with E-state index >= 15 is 0 Å². The smallest absolute Gasteiger partial charge is 0.387 e. The zero-order chi connectivity index (χ0) is 22.4. The standard InChI is InChI=1S/C23H32F2N4O2/c1-4-18(20-13-21(31-23(24)25)22(26)27-14-20)15-29(17(3)19-5-6-19)8-7-16(2)28-9-11-30-12-10-28/h13-15,19,23H,2-12H2,1H3,(H2,26,27)/b18-15+. The summed E-state index contributed by atoms with van der Waals surface area (Å²) in [6.45, 7) is 11.6. The molecule has 2 aliphatic rings. The van der Waals surface area contributed by atoms with Crippen LogP contribution in [-0.2, 0) is 4.74 Å². The van der Waals surface area contributed by atoms with Gasteiger partial charge in [-0.2, -0.15) is 8.78 Å². The molecule has 1 aromatic rings. The summed E-state index contributed by atoms with van der Waals surface area (Å²) in [7, 11) is 0. The normalized spacial score (nSPS) is 17.0. The van der Waals surface area contributed by atoms with Gasteiger partial charge in [-0.15, -0.1) is 0 Å². The van der Waals surface area contributed by atoms with Crippen LogP contribution in [0.25, 0.3) is 5.57 Å². The lowest BCUT2D eigenvalue weighted by Gasteiger charge is -2.32. The Labute approximate surface area is 183 Å². The van der Waals surface area contributed by atoms with Gasteiger partial charge in [-0.1, -0.05) is 20.1 Å². The number of anilines is 1. The maximum atomic E-state index is 12.7. The van der Waals surface area contributed by atoms with Gasteiger partial charge in [0.2, 0.25) is 0 Å². The summed E-state index contributed by atoms with van der Waals surface area (Å²) in [4.78, 5) is 8.48. The zero-order valence-corrected chi connectivity index (χ0v) is 18.2. The van der Waals surface area contributed by atoms with Crippen molar-refractivity contribution < 1.29 is 18.3 Å². The number of aromatic nitrogens is 1. The molecule has 1 saturated carbocycles.